The normalized spacial score (nSPS) is 11.5. The SMILES string of the molecule is COC(=O)COc1ccc(C(CC(=O)OC)c2oc(C)cc(=O)c2O)cc1. The van der Waals surface area contributed by atoms with Crippen LogP contribution in [-0.2, 0) is 19.1 Å². The third kappa shape index (κ3) is 5.10. The minimum Gasteiger partial charge on any atom is -0.502 e. The van der Waals surface area contributed by atoms with Crippen LogP contribution in [0.5, 0.6) is 11.5 Å². The predicted molar refractivity (Wildman–Crippen MR) is 93.8 cm³/mol. The van der Waals surface area contributed by atoms with Crippen molar-refractivity contribution in [3.8, 4) is 11.5 Å². The van der Waals surface area contributed by atoms with E-state index in [1.54, 1.807) is 31.2 Å². The van der Waals surface area contributed by atoms with Crippen LogP contribution in [-0.4, -0.2) is 37.9 Å². The zero-order valence-electron chi connectivity index (χ0n) is 15.2. The zero-order valence-corrected chi connectivity index (χ0v) is 15.2. The Morgan fingerprint density at radius 2 is 1.74 bits per heavy atom. The molecule has 0 spiro atoms. The number of rotatable bonds is 7. The van der Waals surface area contributed by atoms with Crippen LogP contribution < -0.4 is 10.2 Å². The highest BCUT2D eigenvalue weighted by Gasteiger charge is 2.26. The van der Waals surface area contributed by atoms with E-state index in [2.05, 4.69) is 4.74 Å². The fourth-order valence-corrected chi connectivity index (χ4v) is 2.47. The second-order valence-electron chi connectivity index (χ2n) is 5.70. The monoisotopic (exact) mass is 376 g/mol. The summed E-state index contributed by atoms with van der Waals surface area (Å²) in [6.07, 6.45) is -0.140. The van der Waals surface area contributed by atoms with E-state index in [9.17, 15) is 19.5 Å². The molecule has 144 valence electrons. The maximum absolute atomic E-state index is 11.9. The van der Waals surface area contributed by atoms with Crippen molar-refractivity contribution >= 4 is 11.9 Å². The summed E-state index contributed by atoms with van der Waals surface area (Å²) in [6.45, 7) is 1.33. The lowest BCUT2D eigenvalue weighted by Gasteiger charge is -2.17. The third-order valence-electron chi connectivity index (χ3n) is 3.85. The van der Waals surface area contributed by atoms with Gasteiger partial charge in [-0.3, -0.25) is 9.59 Å². The molecule has 0 aliphatic rings. The fraction of sp³-hybridized carbons (Fsp3) is 0.316. The van der Waals surface area contributed by atoms with Gasteiger partial charge in [-0.25, -0.2) is 4.79 Å². The van der Waals surface area contributed by atoms with Gasteiger partial charge in [0.2, 0.25) is 11.2 Å². The summed E-state index contributed by atoms with van der Waals surface area (Å²) in [5, 5.41) is 10.1. The van der Waals surface area contributed by atoms with Gasteiger partial charge in [0.15, 0.2) is 12.4 Å². The number of ether oxygens (including phenoxy) is 3. The first kappa shape index (κ1) is 20.0. The summed E-state index contributed by atoms with van der Waals surface area (Å²) in [5.74, 6) is -1.64. The number of carbonyl (C=O) groups excluding carboxylic acids is 2. The van der Waals surface area contributed by atoms with Crippen molar-refractivity contribution in [1.29, 1.82) is 0 Å². The Kier molecular flexibility index (Phi) is 6.59. The summed E-state index contributed by atoms with van der Waals surface area (Å²) >= 11 is 0. The van der Waals surface area contributed by atoms with Gasteiger partial charge < -0.3 is 23.7 Å². The molecule has 0 saturated carbocycles. The van der Waals surface area contributed by atoms with E-state index < -0.39 is 29.0 Å². The Morgan fingerprint density at radius 1 is 1.11 bits per heavy atom. The summed E-state index contributed by atoms with van der Waals surface area (Å²) in [5.41, 5.74) is -0.00323. The molecule has 27 heavy (non-hydrogen) atoms. The maximum atomic E-state index is 11.9. The highest BCUT2D eigenvalue weighted by molar-refractivity contribution is 5.71. The lowest BCUT2D eigenvalue weighted by molar-refractivity contribution is -0.143. The fourth-order valence-electron chi connectivity index (χ4n) is 2.47. The number of methoxy groups -OCH3 is 2. The number of hydrogen-bond acceptors (Lipinski definition) is 8. The van der Waals surface area contributed by atoms with Gasteiger partial charge in [0, 0.05) is 6.07 Å². The first-order chi connectivity index (χ1) is 12.8. The average Bonchev–Trinajstić information content (AvgIpc) is 2.67. The van der Waals surface area contributed by atoms with Gasteiger partial charge in [0.1, 0.15) is 11.5 Å². The predicted octanol–water partition coefficient (Wildman–Crippen LogP) is 1.90. The zero-order chi connectivity index (χ0) is 20.0. The van der Waals surface area contributed by atoms with Crippen molar-refractivity contribution in [2.75, 3.05) is 20.8 Å². The molecule has 0 saturated heterocycles. The van der Waals surface area contributed by atoms with Crippen LogP contribution in [0.2, 0.25) is 0 Å². The van der Waals surface area contributed by atoms with Crippen LogP contribution in [0, 0.1) is 6.92 Å². The van der Waals surface area contributed by atoms with Crippen LogP contribution in [0.4, 0.5) is 0 Å². The van der Waals surface area contributed by atoms with Crippen molar-refractivity contribution in [2.45, 2.75) is 19.3 Å². The first-order valence-corrected chi connectivity index (χ1v) is 8.05. The topological polar surface area (TPSA) is 112 Å². The van der Waals surface area contributed by atoms with Crippen LogP contribution in [0.25, 0.3) is 0 Å². The van der Waals surface area contributed by atoms with Gasteiger partial charge in [0.05, 0.1) is 26.6 Å². The lowest BCUT2D eigenvalue weighted by atomic mass is 9.92. The first-order valence-electron chi connectivity index (χ1n) is 8.05. The summed E-state index contributed by atoms with van der Waals surface area (Å²) < 4.78 is 20.0. The summed E-state index contributed by atoms with van der Waals surface area (Å²) in [6, 6.07) is 7.63. The highest BCUT2D eigenvalue weighted by atomic mass is 16.6. The number of esters is 2. The average molecular weight is 376 g/mol. The molecule has 1 aromatic carbocycles. The van der Waals surface area contributed by atoms with Crippen LogP contribution in [0.1, 0.15) is 29.4 Å². The van der Waals surface area contributed by atoms with Crippen LogP contribution in [0.3, 0.4) is 0 Å². The minimum atomic E-state index is -0.736. The van der Waals surface area contributed by atoms with E-state index in [1.807, 2.05) is 0 Å². The molecule has 0 fully saturated rings. The van der Waals surface area contributed by atoms with Gasteiger partial charge in [-0.1, -0.05) is 12.1 Å². The van der Waals surface area contributed by atoms with E-state index in [0.717, 1.165) is 6.07 Å². The second-order valence-corrected chi connectivity index (χ2v) is 5.70. The van der Waals surface area contributed by atoms with E-state index in [0.29, 0.717) is 17.1 Å². The number of benzene rings is 1. The van der Waals surface area contributed by atoms with E-state index >= 15 is 0 Å². The molecule has 0 amide bonds. The number of hydrogen-bond donors (Lipinski definition) is 1. The molecule has 0 aliphatic heterocycles. The molecule has 8 heteroatoms. The Bertz CT molecular complexity index is 866. The molecular weight excluding hydrogens is 356 g/mol. The van der Waals surface area contributed by atoms with Crippen LogP contribution >= 0.6 is 0 Å². The molecule has 1 atom stereocenters. The molecular formula is C19H20O8. The Morgan fingerprint density at radius 3 is 2.33 bits per heavy atom. The standard InChI is InChI=1S/C19H20O8/c1-11-8-15(20)18(23)19(27-11)14(9-16(21)24-2)12-4-6-13(7-5-12)26-10-17(22)25-3/h4-8,14,23H,9-10H2,1-3H3. The van der Waals surface area contributed by atoms with Crippen molar-refractivity contribution in [3.63, 3.8) is 0 Å². The highest BCUT2D eigenvalue weighted by Crippen LogP contribution is 2.34. The largest absolute Gasteiger partial charge is 0.502 e. The number of carbonyl (C=O) groups is 2. The van der Waals surface area contributed by atoms with E-state index in [4.69, 9.17) is 13.9 Å². The molecule has 8 nitrogen and oxygen atoms in total. The smallest absolute Gasteiger partial charge is 0.343 e. The summed E-state index contributed by atoms with van der Waals surface area (Å²) in [7, 11) is 2.50. The van der Waals surface area contributed by atoms with E-state index in [-0.39, 0.29) is 18.8 Å². The minimum absolute atomic E-state index is 0.0198. The molecule has 1 N–H and O–H groups in total. The van der Waals surface area contributed by atoms with Gasteiger partial charge in [0.25, 0.3) is 0 Å². The Balaban J connectivity index is 2.36. The molecule has 0 bridgehead atoms. The second kappa shape index (κ2) is 8.88. The molecule has 1 heterocycles. The lowest BCUT2D eigenvalue weighted by Crippen LogP contribution is -2.14. The van der Waals surface area contributed by atoms with Gasteiger partial charge in [-0.15, -0.1) is 0 Å². The maximum Gasteiger partial charge on any atom is 0.343 e. The summed E-state index contributed by atoms with van der Waals surface area (Å²) in [4.78, 5) is 34.9. The molecule has 2 rings (SSSR count). The quantitative estimate of drug-likeness (QED) is 0.729. The van der Waals surface area contributed by atoms with Crippen molar-refractivity contribution in [3.05, 3.63) is 57.6 Å². The molecule has 1 unspecified atom stereocenters. The van der Waals surface area contributed by atoms with Gasteiger partial charge in [-0.2, -0.15) is 0 Å². The Labute approximate surface area is 155 Å². The van der Waals surface area contributed by atoms with Gasteiger partial charge in [-0.05, 0) is 24.6 Å². The van der Waals surface area contributed by atoms with Crippen molar-refractivity contribution < 1.29 is 33.3 Å². The number of aryl methyl sites for hydroxylation is 1. The third-order valence-corrected chi connectivity index (χ3v) is 3.85. The molecule has 2 aromatic rings. The Hall–Kier alpha value is -3.29. The van der Waals surface area contributed by atoms with Crippen molar-refractivity contribution in [1.82, 2.24) is 0 Å². The van der Waals surface area contributed by atoms with Crippen LogP contribution in [0.15, 0.2) is 39.5 Å². The molecule has 0 radical (unpaired) electrons. The van der Waals surface area contributed by atoms with E-state index in [1.165, 1.54) is 14.2 Å². The molecule has 1 aromatic heterocycles. The number of aromatic hydroxyl groups is 1. The molecule has 0 aliphatic carbocycles. The van der Waals surface area contributed by atoms with Crippen molar-refractivity contribution in [2.24, 2.45) is 0 Å². The van der Waals surface area contributed by atoms with Gasteiger partial charge >= 0.3 is 11.9 Å².